The number of carbonyl (C=O) groups excluding carboxylic acids is 1. The Bertz CT molecular complexity index is 996. The molecule has 0 aliphatic carbocycles. The van der Waals surface area contributed by atoms with E-state index >= 15 is 0 Å². The molecule has 0 aromatic heterocycles. The highest BCUT2D eigenvalue weighted by Crippen LogP contribution is 2.30. The molecule has 1 amide bonds. The Labute approximate surface area is 183 Å². The molecule has 158 valence electrons. The Kier molecular flexibility index (Phi) is 8.90. The zero-order valence-corrected chi connectivity index (χ0v) is 17.4. The fraction of sp³-hybridized carbons (Fsp3) is 0.158. The van der Waals surface area contributed by atoms with Crippen LogP contribution in [0.5, 0.6) is 0 Å². The number of halogens is 4. The molecule has 0 bridgehead atoms. The number of aliphatic hydroxyl groups excluding tert-OH is 1. The van der Waals surface area contributed by atoms with Gasteiger partial charge in [0.1, 0.15) is 5.82 Å². The lowest BCUT2D eigenvalue weighted by atomic mass is 10.1. The van der Waals surface area contributed by atoms with E-state index in [0.717, 1.165) is 12.3 Å². The van der Waals surface area contributed by atoms with Crippen LogP contribution in [0.2, 0.25) is 0 Å². The van der Waals surface area contributed by atoms with Crippen LogP contribution in [-0.2, 0) is 9.68 Å². The molecule has 3 N–H and O–H groups in total. The van der Waals surface area contributed by atoms with Gasteiger partial charge in [0.15, 0.2) is 18.2 Å². The summed E-state index contributed by atoms with van der Waals surface area (Å²) in [7, 11) is 0. The molecular formula is C19H15F3IN3O4. The first kappa shape index (κ1) is 23.5. The number of aliphatic hydroxyl groups is 1. The van der Waals surface area contributed by atoms with E-state index in [0.29, 0.717) is 3.57 Å². The van der Waals surface area contributed by atoms with Crippen LogP contribution in [-0.4, -0.2) is 37.0 Å². The Hall–Kier alpha value is -2.82. The van der Waals surface area contributed by atoms with Gasteiger partial charge in [-0.3, -0.25) is 9.63 Å². The second kappa shape index (κ2) is 11.4. The van der Waals surface area contributed by atoms with Crippen molar-refractivity contribution >= 4 is 46.1 Å². The zero-order valence-electron chi connectivity index (χ0n) is 15.2. The summed E-state index contributed by atoms with van der Waals surface area (Å²) < 4.78 is 44.0. The van der Waals surface area contributed by atoms with Crippen molar-refractivity contribution in [3.63, 3.8) is 0 Å². The van der Waals surface area contributed by atoms with Crippen molar-refractivity contribution in [2.75, 3.05) is 25.1 Å². The van der Waals surface area contributed by atoms with Gasteiger partial charge in [0.2, 0.25) is 0 Å². The van der Waals surface area contributed by atoms with Crippen molar-refractivity contribution in [2.24, 2.45) is 5.16 Å². The maximum atomic E-state index is 14.8. The van der Waals surface area contributed by atoms with Crippen molar-refractivity contribution in [1.82, 2.24) is 5.48 Å². The van der Waals surface area contributed by atoms with Gasteiger partial charge in [0.25, 0.3) is 5.91 Å². The lowest BCUT2D eigenvalue weighted by molar-refractivity contribution is 0.0168. The highest BCUT2D eigenvalue weighted by atomic mass is 127. The Morgan fingerprint density at radius 3 is 2.73 bits per heavy atom. The molecule has 7 nitrogen and oxygen atoms in total. The Balaban J connectivity index is 2.49. The van der Waals surface area contributed by atoms with E-state index in [-0.39, 0.29) is 25.5 Å². The van der Waals surface area contributed by atoms with E-state index in [4.69, 9.17) is 16.4 Å². The van der Waals surface area contributed by atoms with Crippen LogP contribution in [0.25, 0.3) is 0 Å². The molecule has 0 fully saturated rings. The minimum Gasteiger partial charge on any atom is -0.394 e. The summed E-state index contributed by atoms with van der Waals surface area (Å²) in [5, 5.41) is 14.5. The van der Waals surface area contributed by atoms with Crippen LogP contribution < -0.4 is 10.8 Å². The van der Waals surface area contributed by atoms with Gasteiger partial charge in [-0.1, -0.05) is 11.1 Å². The van der Waals surface area contributed by atoms with Crippen molar-refractivity contribution in [3.8, 4) is 12.3 Å². The van der Waals surface area contributed by atoms with E-state index in [9.17, 15) is 18.0 Å². The van der Waals surface area contributed by atoms with Crippen molar-refractivity contribution in [3.05, 3.63) is 56.4 Å². The molecule has 2 rings (SSSR count). The second-order valence-electron chi connectivity index (χ2n) is 5.48. The predicted octanol–water partition coefficient (Wildman–Crippen LogP) is 3.09. The first-order valence-electron chi connectivity index (χ1n) is 8.24. The summed E-state index contributed by atoms with van der Waals surface area (Å²) >= 11 is 1.88. The SMILES string of the molecule is C#CCO/N=C/c1cc(C(=O)NOCCO)c(Nc2ccc(I)cc2F)c(F)c1F. The van der Waals surface area contributed by atoms with E-state index < -0.39 is 40.2 Å². The average Bonchev–Trinajstić information content (AvgIpc) is 2.72. The maximum absolute atomic E-state index is 14.8. The van der Waals surface area contributed by atoms with Gasteiger partial charge >= 0.3 is 0 Å². The summed E-state index contributed by atoms with van der Waals surface area (Å²) in [4.78, 5) is 21.8. The molecule has 0 saturated carbocycles. The minimum atomic E-state index is -1.46. The third-order valence-electron chi connectivity index (χ3n) is 3.44. The van der Waals surface area contributed by atoms with Gasteiger partial charge in [-0.05, 0) is 46.9 Å². The molecule has 30 heavy (non-hydrogen) atoms. The van der Waals surface area contributed by atoms with Crippen LogP contribution in [0.1, 0.15) is 15.9 Å². The molecule has 0 heterocycles. The topological polar surface area (TPSA) is 92.2 Å². The smallest absolute Gasteiger partial charge is 0.277 e. The van der Waals surface area contributed by atoms with Crippen LogP contribution >= 0.6 is 22.6 Å². The van der Waals surface area contributed by atoms with Gasteiger partial charge in [-0.2, -0.15) is 0 Å². The lowest BCUT2D eigenvalue weighted by Gasteiger charge is -2.15. The van der Waals surface area contributed by atoms with E-state index in [1.807, 2.05) is 28.1 Å². The van der Waals surface area contributed by atoms with Crippen molar-refractivity contribution in [2.45, 2.75) is 0 Å². The maximum Gasteiger partial charge on any atom is 0.277 e. The van der Waals surface area contributed by atoms with Crippen LogP contribution in [0, 0.1) is 33.4 Å². The fourth-order valence-electron chi connectivity index (χ4n) is 2.15. The summed E-state index contributed by atoms with van der Waals surface area (Å²) in [6.07, 6.45) is 5.82. The van der Waals surface area contributed by atoms with Crippen LogP contribution in [0.4, 0.5) is 24.5 Å². The number of amides is 1. The third kappa shape index (κ3) is 6.09. The molecule has 0 aliphatic rings. The van der Waals surface area contributed by atoms with E-state index in [1.54, 1.807) is 0 Å². The average molecular weight is 533 g/mol. The minimum absolute atomic E-state index is 0.183. The quantitative estimate of drug-likeness (QED) is 0.152. The second-order valence-corrected chi connectivity index (χ2v) is 6.73. The van der Waals surface area contributed by atoms with Gasteiger partial charge in [0.05, 0.1) is 36.4 Å². The molecule has 0 atom stereocenters. The summed E-state index contributed by atoms with van der Waals surface area (Å²) in [5.74, 6) is -2.40. The molecule has 2 aromatic carbocycles. The number of terminal acetylenes is 1. The monoisotopic (exact) mass is 533 g/mol. The number of carbonyl (C=O) groups is 1. The highest BCUT2D eigenvalue weighted by molar-refractivity contribution is 14.1. The first-order valence-corrected chi connectivity index (χ1v) is 9.32. The number of nitrogens with zero attached hydrogens (tertiary/aromatic N) is 1. The molecule has 0 unspecified atom stereocenters. The molecule has 2 aromatic rings. The number of nitrogens with one attached hydrogen (secondary N) is 2. The number of hydrogen-bond acceptors (Lipinski definition) is 6. The molecule has 0 radical (unpaired) electrons. The fourth-order valence-corrected chi connectivity index (χ4v) is 2.61. The van der Waals surface area contributed by atoms with Crippen molar-refractivity contribution in [1.29, 1.82) is 0 Å². The zero-order chi connectivity index (χ0) is 22.1. The van der Waals surface area contributed by atoms with E-state index in [2.05, 4.69) is 21.2 Å². The van der Waals surface area contributed by atoms with Gasteiger partial charge in [-0.25, -0.2) is 18.7 Å². The summed E-state index contributed by atoms with van der Waals surface area (Å²) in [6.45, 7) is -0.825. The molecule has 0 saturated heterocycles. The first-order chi connectivity index (χ1) is 14.4. The van der Waals surface area contributed by atoms with Gasteiger partial charge in [-0.15, -0.1) is 6.42 Å². The normalized spacial score (nSPS) is 10.7. The summed E-state index contributed by atoms with van der Waals surface area (Å²) in [5.41, 5.74) is 0.327. The molecular weight excluding hydrogens is 518 g/mol. The number of rotatable bonds is 9. The number of anilines is 2. The van der Waals surface area contributed by atoms with Crippen LogP contribution in [0.3, 0.4) is 0 Å². The van der Waals surface area contributed by atoms with Crippen LogP contribution in [0.15, 0.2) is 29.4 Å². The van der Waals surface area contributed by atoms with Gasteiger partial charge in [0, 0.05) is 9.13 Å². The summed E-state index contributed by atoms with van der Waals surface area (Å²) in [6, 6.07) is 4.98. The Morgan fingerprint density at radius 2 is 2.07 bits per heavy atom. The number of benzene rings is 2. The number of hydrogen-bond donors (Lipinski definition) is 3. The third-order valence-corrected chi connectivity index (χ3v) is 4.11. The lowest BCUT2D eigenvalue weighted by Crippen LogP contribution is -2.26. The highest BCUT2D eigenvalue weighted by Gasteiger charge is 2.23. The number of oxime groups is 1. The molecule has 11 heteroatoms. The Morgan fingerprint density at radius 1 is 1.30 bits per heavy atom. The largest absolute Gasteiger partial charge is 0.394 e. The standard InChI is InChI=1S/C19H15F3IN3O4/c1-2-6-29-24-10-11-8-13(19(28)26-30-7-5-27)18(17(22)16(11)21)25-15-4-3-12(23)9-14(15)20/h1,3-4,8-10,25,27H,5-7H2,(H,26,28)/b24-10+. The molecule has 0 spiro atoms. The van der Waals surface area contributed by atoms with Gasteiger partial charge < -0.3 is 15.3 Å². The molecule has 0 aliphatic heterocycles. The predicted molar refractivity (Wildman–Crippen MR) is 112 cm³/mol. The van der Waals surface area contributed by atoms with E-state index in [1.165, 1.54) is 18.2 Å². The van der Waals surface area contributed by atoms with Crippen molar-refractivity contribution < 1.29 is 32.7 Å². The number of hydroxylamine groups is 1.